The molecule has 0 saturated heterocycles. The zero-order valence-electron chi connectivity index (χ0n) is 8.08. The van der Waals surface area contributed by atoms with Crippen molar-refractivity contribution in [2.45, 2.75) is 44.1 Å². The molecule has 2 nitrogen and oxygen atoms in total. The molecule has 0 spiro atoms. The molecule has 1 aliphatic rings. The molecule has 1 aromatic rings. The maximum absolute atomic E-state index is 10.3. The maximum Gasteiger partial charge on any atom is 0.0794 e. The minimum Gasteiger partial charge on any atom is -0.389 e. The number of hydrogen-bond acceptors (Lipinski definition) is 3. The second kappa shape index (κ2) is 2.79. The molecule has 2 unspecified atom stereocenters. The molecule has 1 saturated carbocycles. The Hall–Kier alpha value is -0.410. The molecule has 0 aliphatic heterocycles. The Kier molecular flexibility index (Phi) is 1.96. The number of aromatic nitrogens is 1. The molecule has 1 aromatic heterocycles. The average Bonchev–Trinajstić information content (AvgIpc) is 2.61. The fraction of sp³-hybridized carbons (Fsp3) is 0.700. The van der Waals surface area contributed by atoms with E-state index in [1.807, 2.05) is 18.6 Å². The summed E-state index contributed by atoms with van der Waals surface area (Å²) in [6.45, 7) is 4.09. The third-order valence-electron chi connectivity index (χ3n) is 3.51. The first-order valence-electron chi connectivity index (χ1n) is 4.68. The van der Waals surface area contributed by atoms with Gasteiger partial charge in [-0.3, -0.25) is 4.98 Å². The van der Waals surface area contributed by atoms with Gasteiger partial charge in [0.15, 0.2) is 0 Å². The van der Waals surface area contributed by atoms with Gasteiger partial charge in [-0.25, -0.2) is 0 Å². The van der Waals surface area contributed by atoms with Crippen LogP contribution in [0.3, 0.4) is 0 Å². The summed E-state index contributed by atoms with van der Waals surface area (Å²) in [6.07, 6.45) is 4.98. The van der Waals surface area contributed by atoms with Gasteiger partial charge >= 0.3 is 0 Å². The normalized spacial score (nSPS) is 39.6. The lowest BCUT2D eigenvalue weighted by Crippen LogP contribution is -2.41. The molecule has 0 bridgehead atoms. The van der Waals surface area contributed by atoms with Gasteiger partial charge in [0, 0.05) is 16.5 Å². The van der Waals surface area contributed by atoms with Crippen LogP contribution in [0.2, 0.25) is 0 Å². The molecule has 1 fully saturated rings. The van der Waals surface area contributed by atoms with Crippen molar-refractivity contribution in [3.63, 3.8) is 0 Å². The van der Waals surface area contributed by atoms with Gasteiger partial charge in [-0.15, -0.1) is 11.3 Å². The zero-order chi connectivity index (χ0) is 9.53. The summed E-state index contributed by atoms with van der Waals surface area (Å²) in [5.74, 6) is 0. The van der Waals surface area contributed by atoms with Crippen LogP contribution in [0.5, 0.6) is 0 Å². The molecule has 0 amide bonds. The molecular weight excluding hydrogens is 182 g/mol. The van der Waals surface area contributed by atoms with Crippen LogP contribution in [-0.2, 0) is 5.41 Å². The minimum absolute atomic E-state index is 0.0752. The van der Waals surface area contributed by atoms with Crippen molar-refractivity contribution in [3.05, 3.63) is 16.6 Å². The van der Waals surface area contributed by atoms with Crippen LogP contribution < -0.4 is 0 Å². The van der Waals surface area contributed by atoms with Crippen molar-refractivity contribution in [3.8, 4) is 0 Å². The summed E-state index contributed by atoms with van der Waals surface area (Å²) in [5, 5.41) is 10.3. The van der Waals surface area contributed by atoms with Crippen LogP contribution >= 0.6 is 11.3 Å². The van der Waals surface area contributed by atoms with E-state index in [0.717, 1.165) is 19.3 Å². The van der Waals surface area contributed by atoms with Crippen molar-refractivity contribution in [1.82, 2.24) is 4.98 Å². The van der Waals surface area contributed by atoms with Crippen LogP contribution in [0.25, 0.3) is 0 Å². The highest BCUT2D eigenvalue weighted by Gasteiger charge is 2.49. The largest absolute Gasteiger partial charge is 0.389 e. The molecule has 13 heavy (non-hydrogen) atoms. The molecule has 1 heterocycles. The van der Waals surface area contributed by atoms with E-state index in [1.54, 1.807) is 11.3 Å². The Bertz CT molecular complexity index is 294. The van der Waals surface area contributed by atoms with Gasteiger partial charge < -0.3 is 5.11 Å². The zero-order valence-corrected chi connectivity index (χ0v) is 8.90. The number of thiazole rings is 1. The molecular formula is C10H15NOS. The van der Waals surface area contributed by atoms with Gasteiger partial charge in [0.1, 0.15) is 0 Å². The van der Waals surface area contributed by atoms with Gasteiger partial charge in [0.05, 0.1) is 11.1 Å². The summed E-state index contributed by atoms with van der Waals surface area (Å²) in [7, 11) is 0. The SMILES string of the molecule is CC1(O)CCCC1(C)c1cncs1. The maximum atomic E-state index is 10.3. The third-order valence-corrected chi connectivity index (χ3v) is 4.54. The number of hydrogen-bond donors (Lipinski definition) is 1. The molecule has 1 aliphatic carbocycles. The van der Waals surface area contributed by atoms with Crippen LogP contribution in [-0.4, -0.2) is 15.7 Å². The van der Waals surface area contributed by atoms with Crippen molar-refractivity contribution < 1.29 is 5.11 Å². The molecule has 72 valence electrons. The van der Waals surface area contributed by atoms with E-state index in [-0.39, 0.29) is 5.41 Å². The predicted molar refractivity (Wildman–Crippen MR) is 53.9 cm³/mol. The Morgan fingerprint density at radius 2 is 2.23 bits per heavy atom. The fourth-order valence-electron chi connectivity index (χ4n) is 2.21. The third kappa shape index (κ3) is 1.22. The minimum atomic E-state index is -0.556. The second-order valence-corrected chi connectivity index (χ2v) is 5.21. The topological polar surface area (TPSA) is 33.1 Å². The summed E-state index contributed by atoms with van der Waals surface area (Å²) < 4.78 is 0. The van der Waals surface area contributed by atoms with Gasteiger partial charge in [0.25, 0.3) is 0 Å². The lowest BCUT2D eigenvalue weighted by atomic mass is 9.76. The van der Waals surface area contributed by atoms with Crippen molar-refractivity contribution in [1.29, 1.82) is 0 Å². The van der Waals surface area contributed by atoms with Gasteiger partial charge in [0.2, 0.25) is 0 Å². The fourth-order valence-corrected chi connectivity index (χ4v) is 3.15. The molecule has 0 radical (unpaired) electrons. The highest BCUT2D eigenvalue weighted by molar-refractivity contribution is 7.09. The number of rotatable bonds is 1. The highest BCUT2D eigenvalue weighted by atomic mass is 32.1. The van der Waals surface area contributed by atoms with E-state index in [9.17, 15) is 5.11 Å². The predicted octanol–water partition coefficient (Wildman–Crippen LogP) is 2.34. The smallest absolute Gasteiger partial charge is 0.0794 e. The lowest BCUT2D eigenvalue weighted by molar-refractivity contribution is 0.00831. The van der Waals surface area contributed by atoms with E-state index in [4.69, 9.17) is 0 Å². The van der Waals surface area contributed by atoms with Crippen LogP contribution in [0.15, 0.2) is 11.7 Å². The first-order chi connectivity index (χ1) is 6.06. The van der Waals surface area contributed by atoms with Crippen molar-refractivity contribution in [2.24, 2.45) is 0 Å². The summed E-state index contributed by atoms with van der Waals surface area (Å²) >= 11 is 1.65. The van der Waals surface area contributed by atoms with Crippen molar-refractivity contribution in [2.75, 3.05) is 0 Å². The Labute approximate surface area is 82.6 Å². The average molecular weight is 197 g/mol. The standard InChI is InChI=1S/C10H15NOS/c1-9(8-6-11-7-13-8)4-3-5-10(9,2)12/h6-7,12H,3-5H2,1-2H3. The van der Waals surface area contributed by atoms with E-state index in [1.165, 1.54) is 4.88 Å². The second-order valence-electron chi connectivity index (χ2n) is 4.33. The number of nitrogens with zero attached hydrogens (tertiary/aromatic N) is 1. The van der Waals surface area contributed by atoms with Crippen LogP contribution in [0.1, 0.15) is 38.0 Å². The lowest BCUT2D eigenvalue weighted by Gasteiger charge is -2.35. The van der Waals surface area contributed by atoms with Gasteiger partial charge in [-0.1, -0.05) is 6.92 Å². The van der Waals surface area contributed by atoms with E-state index in [0.29, 0.717) is 0 Å². The summed E-state index contributed by atoms with van der Waals surface area (Å²) in [4.78, 5) is 5.30. The van der Waals surface area contributed by atoms with Gasteiger partial charge in [-0.2, -0.15) is 0 Å². The van der Waals surface area contributed by atoms with Gasteiger partial charge in [-0.05, 0) is 26.2 Å². The monoisotopic (exact) mass is 197 g/mol. The Morgan fingerprint density at radius 1 is 1.46 bits per heavy atom. The first kappa shape index (κ1) is 9.16. The molecule has 1 N–H and O–H groups in total. The summed E-state index contributed by atoms with van der Waals surface area (Å²) in [6, 6.07) is 0. The van der Waals surface area contributed by atoms with E-state index < -0.39 is 5.60 Å². The first-order valence-corrected chi connectivity index (χ1v) is 5.56. The Balaban J connectivity index is 2.40. The Morgan fingerprint density at radius 3 is 2.69 bits per heavy atom. The molecule has 0 aromatic carbocycles. The van der Waals surface area contributed by atoms with E-state index in [2.05, 4.69) is 11.9 Å². The van der Waals surface area contributed by atoms with Crippen LogP contribution in [0.4, 0.5) is 0 Å². The van der Waals surface area contributed by atoms with E-state index >= 15 is 0 Å². The summed E-state index contributed by atoms with van der Waals surface area (Å²) in [5.41, 5.74) is 1.21. The molecule has 3 heteroatoms. The van der Waals surface area contributed by atoms with Crippen molar-refractivity contribution >= 4 is 11.3 Å². The molecule has 2 atom stereocenters. The number of aliphatic hydroxyl groups is 1. The van der Waals surface area contributed by atoms with Crippen LogP contribution in [0, 0.1) is 0 Å². The highest BCUT2D eigenvalue weighted by Crippen LogP contribution is 2.48. The molecule has 2 rings (SSSR count). The quantitative estimate of drug-likeness (QED) is 0.749.